The molecule has 1 aliphatic rings. The van der Waals surface area contributed by atoms with Crippen LogP contribution in [-0.4, -0.2) is 36.1 Å². The molecule has 0 aromatic carbocycles. The van der Waals surface area contributed by atoms with Crippen LogP contribution in [0.5, 0.6) is 0 Å². The molecule has 1 saturated heterocycles. The summed E-state index contributed by atoms with van der Waals surface area (Å²) in [5, 5.41) is 3.35. The molecule has 0 spiro atoms. The molecule has 2 rings (SSSR count). The lowest BCUT2D eigenvalue weighted by Crippen LogP contribution is -2.35. The minimum absolute atomic E-state index is 0.404. The van der Waals surface area contributed by atoms with Gasteiger partial charge in [-0.25, -0.2) is 4.98 Å². The van der Waals surface area contributed by atoms with E-state index in [4.69, 9.17) is 11.5 Å². The lowest BCUT2D eigenvalue weighted by molar-refractivity contribution is 0.198. The smallest absolute Gasteiger partial charge is 0.149 e. The second-order valence-corrected chi connectivity index (χ2v) is 4.93. The topological polar surface area (TPSA) is 80.2 Å². The summed E-state index contributed by atoms with van der Waals surface area (Å²) < 4.78 is 0. The van der Waals surface area contributed by atoms with E-state index >= 15 is 0 Å². The molecular formula is C13H23N5. The number of anilines is 3. The molecule has 5 N–H and O–H groups in total. The quantitative estimate of drug-likeness (QED) is 0.751. The Morgan fingerprint density at radius 2 is 2.06 bits per heavy atom. The second-order valence-electron chi connectivity index (χ2n) is 4.93. The average molecular weight is 249 g/mol. The molecule has 100 valence electrons. The highest BCUT2D eigenvalue weighted by Gasteiger charge is 2.17. The molecular weight excluding hydrogens is 226 g/mol. The maximum atomic E-state index is 5.68. The van der Waals surface area contributed by atoms with Gasteiger partial charge in [0.15, 0.2) is 0 Å². The number of likely N-dealkylation sites (tertiary alicyclic amines) is 1. The Morgan fingerprint density at radius 3 is 2.67 bits per heavy atom. The standard InChI is InChI=1S/C13H23N5/c1-2-18-7-5-10(6-8-18)9-16-12-4-3-11(14)13(15)17-12/h3-4,10H,2,5-9,14H2,1H3,(H3,15,16,17). The van der Waals surface area contributed by atoms with Crippen molar-refractivity contribution in [1.29, 1.82) is 0 Å². The summed E-state index contributed by atoms with van der Waals surface area (Å²) in [6, 6.07) is 3.68. The van der Waals surface area contributed by atoms with Crippen LogP contribution in [0.3, 0.4) is 0 Å². The van der Waals surface area contributed by atoms with Crippen LogP contribution in [-0.2, 0) is 0 Å². The number of pyridine rings is 1. The fourth-order valence-electron chi connectivity index (χ4n) is 2.34. The SMILES string of the molecule is CCN1CCC(CNc2ccc(N)c(N)n2)CC1. The van der Waals surface area contributed by atoms with E-state index in [1.807, 2.05) is 6.07 Å². The molecule has 0 bridgehead atoms. The Bertz CT molecular complexity index is 385. The van der Waals surface area contributed by atoms with E-state index in [1.165, 1.54) is 25.9 Å². The maximum Gasteiger partial charge on any atom is 0.149 e. The molecule has 1 aliphatic heterocycles. The highest BCUT2D eigenvalue weighted by Crippen LogP contribution is 2.19. The molecule has 0 unspecified atom stereocenters. The highest BCUT2D eigenvalue weighted by atomic mass is 15.1. The predicted molar refractivity (Wildman–Crippen MR) is 76.4 cm³/mol. The largest absolute Gasteiger partial charge is 0.396 e. The van der Waals surface area contributed by atoms with E-state index in [-0.39, 0.29) is 0 Å². The van der Waals surface area contributed by atoms with Gasteiger partial charge in [0.2, 0.25) is 0 Å². The van der Waals surface area contributed by atoms with Gasteiger partial charge in [-0.1, -0.05) is 6.92 Å². The lowest BCUT2D eigenvalue weighted by atomic mass is 9.97. The van der Waals surface area contributed by atoms with E-state index in [0.29, 0.717) is 11.5 Å². The van der Waals surface area contributed by atoms with Gasteiger partial charge in [0, 0.05) is 6.54 Å². The van der Waals surface area contributed by atoms with Crippen molar-refractivity contribution in [1.82, 2.24) is 9.88 Å². The van der Waals surface area contributed by atoms with Crippen molar-refractivity contribution in [3.05, 3.63) is 12.1 Å². The van der Waals surface area contributed by atoms with Crippen molar-refractivity contribution in [2.75, 3.05) is 43.0 Å². The molecule has 2 heterocycles. The molecule has 18 heavy (non-hydrogen) atoms. The maximum absolute atomic E-state index is 5.68. The lowest BCUT2D eigenvalue weighted by Gasteiger charge is -2.31. The summed E-state index contributed by atoms with van der Waals surface area (Å²) in [5.74, 6) is 1.95. The van der Waals surface area contributed by atoms with Gasteiger partial charge in [-0.3, -0.25) is 0 Å². The number of rotatable bonds is 4. The summed E-state index contributed by atoms with van der Waals surface area (Å²) in [7, 11) is 0. The molecule has 1 fully saturated rings. The molecule has 1 aromatic heterocycles. The number of nitrogens with one attached hydrogen (secondary N) is 1. The van der Waals surface area contributed by atoms with Crippen LogP contribution in [0.25, 0.3) is 0 Å². The van der Waals surface area contributed by atoms with E-state index in [9.17, 15) is 0 Å². The predicted octanol–water partition coefficient (Wildman–Crippen LogP) is 1.39. The zero-order chi connectivity index (χ0) is 13.0. The Labute approximate surface area is 109 Å². The summed E-state index contributed by atoms with van der Waals surface area (Å²) in [5.41, 5.74) is 11.9. The molecule has 5 nitrogen and oxygen atoms in total. The molecule has 5 heteroatoms. The van der Waals surface area contributed by atoms with Crippen LogP contribution < -0.4 is 16.8 Å². The van der Waals surface area contributed by atoms with E-state index in [0.717, 1.165) is 24.8 Å². The summed E-state index contributed by atoms with van der Waals surface area (Å²) in [4.78, 5) is 6.72. The normalized spacial score (nSPS) is 17.8. The first-order chi connectivity index (χ1) is 8.69. The highest BCUT2D eigenvalue weighted by molar-refractivity contribution is 5.61. The molecule has 0 atom stereocenters. The van der Waals surface area contributed by atoms with Crippen LogP contribution in [0, 0.1) is 5.92 Å². The number of hydrogen-bond donors (Lipinski definition) is 3. The Balaban J connectivity index is 1.79. The van der Waals surface area contributed by atoms with Crippen LogP contribution in [0.1, 0.15) is 19.8 Å². The molecule has 0 amide bonds. The molecule has 0 aliphatic carbocycles. The molecule has 0 saturated carbocycles. The Kier molecular flexibility index (Phi) is 4.25. The van der Waals surface area contributed by atoms with Crippen LogP contribution in [0.15, 0.2) is 12.1 Å². The van der Waals surface area contributed by atoms with Crippen LogP contribution in [0.4, 0.5) is 17.3 Å². The van der Waals surface area contributed by atoms with E-state index in [1.54, 1.807) is 6.07 Å². The van der Waals surface area contributed by atoms with Crippen molar-refractivity contribution < 1.29 is 0 Å². The monoisotopic (exact) mass is 249 g/mol. The fraction of sp³-hybridized carbons (Fsp3) is 0.615. The Hall–Kier alpha value is -1.49. The van der Waals surface area contributed by atoms with E-state index < -0.39 is 0 Å². The number of aromatic nitrogens is 1. The first-order valence-electron chi connectivity index (χ1n) is 6.67. The van der Waals surface area contributed by atoms with Gasteiger partial charge in [0.05, 0.1) is 5.69 Å². The number of hydrogen-bond acceptors (Lipinski definition) is 5. The second kappa shape index (κ2) is 5.91. The molecule has 0 radical (unpaired) electrons. The van der Waals surface area contributed by atoms with Crippen molar-refractivity contribution in [3.63, 3.8) is 0 Å². The third-order valence-electron chi connectivity index (χ3n) is 3.68. The van der Waals surface area contributed by atoms with Gasteiger partial charge in [-0.15, -0.1) is 0 Å². The van der Waals surface area contributed by atoms with Crippen LogP contribution >= 0.6 is 0 Å². The van der Waals surface area contributed by atoms with Gasteiger partial charge in [-0.2, -0.15) is 0 Å². The minimum atomic E-state index is 0.404. The average Bonchev–Trinajstić information content (AvgIpc) is 2.41. The number of nitrogens with two attached hydrogens (primary N) is 2. The van der Waals surface area contributed by atoms with Crippen molar-refractivity contribution in [3.8, 4) is 0 Å². The third-order valence-corrected chi connectivity index (χ3v) is 3.68. The number of nitrogens with zero attached hydrogens (tertiary/aromatic N) is 2. The third kappa shape index (κ3) is 3.26. The zero-order valence-electron chi connectivity index (χ0n) is 11.0. The summed E-state index contributed by atoms with van der Waals surface area (Å²) in [6.45, 7) is 6.77. The van der Waals surface area contributed by atoms with E-state index in [2.05, 4.69) is 22.1 Å². The van der Waals surface area contributed by atoms with Crippen molar-refractivity contribution in [2.24, 2.45) is 5.92 Å². The fourth-order valence-corrected chi connectivity index (χ4v) is 2.34. The number of piperidine rings is 1. The first kappa shape index (κ1) is 13.0. The van der Waals surface area contributed by atoms with Crippen LogP contribution in [0.2, 0.25) is 0 Å². The van der Waals surface area contributed by atoms with Gasteiger partial charge in [-0.05, 0) is 50.5 Å². The summed E-state index contributed by atoms with van der Waals surface area (Å²) >= 11 is 0. The number of nitrogen functional groups attached to an aromatic ring is 2. The van der Waals surface area contributed by atoms with Gasteiger partial charge >= 0.3 is 0 Å². The van der Waals surface area contributed by atoms with Gasteiger partial charge < -0.3 is 21.7 Å². The minimum Gasteiger partial charge on any atom is -0.396 e. The van der Waals surface area contributed by atoms with Gasteiger partial charge in [0.25, 0.3) is 0 Å². The molecule has 1 aromatic rings. The van der Waals surface area contributed by atoms with Crippen molar-refractivity contribution >= 4 is 17.3 Å². The van der Waals surface area contributed by atoms with Gasteiger partial charge in [0.1, 0.15) is 11.6 Å². The van der Waals surface area contributed by atoms with Crippen molar-refractivity contribution in [2.45, 2.75) is 19.8 Å². The zero-order valence-corrected chi connectivity index (χ0v) is 11.0. The summed E-state index contributed by atoms with van der Waals surface area (Å²) in [6.07, 6.45) is 2.51. The first-order valence-corrected chi connectivity index (χ1v) is 6.67. The Morgan fingerprint density at radius 1 is 1.33 bits per heavy atom.